The Morgan fingerprint density at radius 2 is 1.93 bits per heavy atom. The number of nitrogens with one attached hydrogen (secondary N) is 2. The van der Waals surface area contributed by atoms with Gasteiger partial charge >= 0.3 is 6.03 Å². The molecule has 0 aliphatic rings. The van der Waals surface area contributed by atoms with Crippen LogP contribution >= 0.6 is 11.3 Å². The van der Waals surface area contributed by atoms with Crippen molar-refractivity contribution in [1.82, 2.24) is 10.3 Å². The minimum absolute atomic E-state index is 0.128. The van der Waals surface area contributed by atoms with E-state index in [1.54, 1.807) is 5.38 Å². The van der Waals surface area contributed by atoms with Crippen LogP contribution in [-0.2, 0) is 6.54 Å². The first-order chi connectivity index (χ1) is 13.6. The van der Waals surface area contributed by atoms with E-state index in [9.17, 15) is 9.59 Å². The number of carbonyl (C=O) groups is 2. The Labute approximate surface area is 167 Å². The van der Waals surface area contributed by atoms with Gasteiger partial charge in [-0.25, -0.2) is 9.78 Å². The minimum atomic E-state index is -0.344. The fourth-order valence-corrected chi connectivity index (χ4v) is 3.19. The van der Waals surface area contributed by atoms with Crippen molar-refractivity contribution >= 4 is 29.0 Å². The van der Waals surface area contributed by atoms with E-state index < -0.39 is 0 Å². The Morgan fingerprint density at radius 3 is 2.61 bits per heavy atom. The SMILES string of the molecule is C#Cc1nc(NC(=O)NCc2ccc(-c3cccc(C(=O)CC)c3)cc2)cs1. The molecule has 0 aliphatic heterocycles. The van der Waals surface area contributed by atoms with E-state index in [1.165, 1.54) is 11.3 Å². The van der Waals surface area contributed by atoms with Crippen molar-refractivity contribution in [3.8, 4) is 23.5 Å². The van der Waals surface area contributed by atoms with Gasteiger partial charge in [0.05, 0.1) is 0 Å². The molecule has 0 atom stereocenters. The lowest BCUT2D eigenvalue weighted by molar-refractivity contribution is 0.0988. The second-order valence-electron chi connectivity index (χ2n) is 6.04. The van der Waals surface area contributed by atoms with Crippen LogP contribution in [0.3, 0.4) is 0 Å². The minimum Gasteiger partial charge on any atom is -0.334 e. The normalized spacial score (nSPS) is 10.1. The van der Waals surface area contributed by atoms with Crippen LogP contribution in [0.4, 0.5) is 10.6 Å². The summed E-state index contributed by atoms with van der Waals surface area (Å²) < 4.78 is 0. The summed E-state index contributed by atoms with van der Waals surface area (Å²) in [6.07, 6.45) is 5.75. The number of amides is 2. The first-order valence-electron chi connectivity index (χ1n) is 8.78. The van der Waals surface area contributed by atoms with E-state index in [0.717, 1.165) is 22.3 Å². The number of terminal acetylenes is 1. The Kier molecular flexibility index (Phi) is 6.20. The average Bonchev–Trinajstić information content (AvgIpc) is 3.19. The fourth-order valence-electron chi connectivity index (χ4n) is 2.63. The molecule has 0 radical (unpaired) electrons. The summed E-state index contributed by atoms with van der Waals surface area (Å²) >= 11 is 1.30. The van der Waals surface area contributed by atoms with E-state index in [-0.39, 0.29) is 11.8 Å². The van der Waals surface area contributed by atoms with Gasteiger partial charge < -0.3 is 5.32 Å². The number of thiazole rings is 1. The number of carbonyl (C=O) groups excluding carboxylic acids is 2. The van der Waals surface area contributed by atoms with Gasteiger partial charge in [0.2, 0.25) is 0 Å². The van der Waals surface area contributed by atoms with Gasteiger partial charge in [0.15, 0.2) is 10.8 Å². The van der Waals surface area contributed by atoms with Crippen LogP contribution in [0.1, 0.15) is 34.3 Å². The molecule has 140 valence electrons. The molecule has 3 rings (SSSR count). The predicted octanol–water partition coefficient (Wildman–Crippen LogP) is 4.71. The highest BCUT2D eigenvalue weighted by Crippen LogP contribution is 2.22. The van der Waals surface area contributed by atoms with E-state index in [1.807, 2.05) is 55.5 Å². The molecule has 6 heteroatoms. The lowest BCUT2D eigenvalue weighted by Gasteiger charge is -2.08. The summed E-state index contributed by atoms with van der Waals surface area (Å²) in [5.41, 5.74) is 3.69. The van der Waals surface area contributed by atoms with Gasteiger partial charge in [-0.15, -0.1) is 17.8 Å². The van der Waals surface area contributed by atoms with Crippen molar-refractivity contribution in [2.24, 2.45) is 0 Å². The molecular weight excluding hydrogens is 370 g/mol. The lowest BCUT2D eigenvalue weighted by atomic mass is 9.99. The highest BCUT2D eigenvalue weighted by Gasteiger charge is 2.07. The molecule has 0 bridgehead atoms. The quantitative estimate of drug-likeness (QED) is 0.474. The zero-order chi connectivity index (χ0) is 19.9. The number of hydrogen-bond acceptors (Lipinski definition) is 4. The molecule has 1 aromatic heterocycles. The Balaban J connectivity index is 1.59. The maximum Gasteiger partial charge on any atom is 0.320 e. The van der Waals surface area contributed by atoms with E-state index in [4.69, 9.17) is 6.42 Å². The molecule has 2 amide bonds. The second-order valence-corrected chi connectivity index (χ2v) is 6.90. The zero-order valence-electron chi connectivity index (χ0n) is 15.4. The Morgan fingerprint density at radius 1 is 1.14 bits per heavy atom. The van der Waals surface area contributed by atoms with Crippen molar-refractivity contribution < 1.29 is 9.59 Å². The van der Waals surface area contributed by atoms with Crippen molar-refractivity contribution in [2.75, 3.05) is 5.32 Å². The number of benzene rings is 2. The molecule has 0 saturated heterocycles. The highest BCUT2D eigenvalue weighted by atomic mass is 32.1. The molecule has 0 aliphatic carbocycles. The van der Waals surface area contributed by atoms with Crippen LogP contribution in [0.15, 0.2) is 53.9 Å². The third-order valence-corrected chi connectivity index (χ3v) is 4.89. The van der Waals surface area contributed by atoms with Crippen LogP contribution in [0.2, 0.25) is 0 Å². The molecule has 3 aromatic rings. The topological polar surface area (TPSA) is 71.1 Å². The van der Waals surface area contributed by atoms with Crippen molar-refractivity contribution in [3.63, 3.8) is 0 Å². The predicted molar refractivity (Wildman–Crippen MR) is 112 cm³/mol. The third kappa shape index (κ3) is 4.84. The van der Waals surface area contributed by atoms with E-state index in [2.05, 4.69) is 21.5 Å². The highest BCUT2D eigenvalue weighted by molar-refractivity contribution is 7.10. The first kappa shape index (κ1) is 19.3. The number of Topliss-reactive ketones (excluding diaryl/α,β-unsaturated/α-hetero) is 1. The summed E-state index contributed by atoms with van der Waals surface area (Å²) in [6, 6.07) is 15.1. The maximum atomic E-state index is 12.0. The van der Waals surface area contributed by atoms with Gasteiger partial charge in [-0.3, -0.25) is 10.1 Å². The standard InChI is InChI=1S/C22H19N3O2S/c1-3-19(26)18-7-5-6-17(12-18)16-10-8-15(9-11-16)13-23-22(27)25-20-14-28-21(4-2)24-20/h2,5-12,14H,3,13H2,1H3,(H2,23,25,27). The number of aromatic nitrogens is 1. The molecule has 28 heavy (non-hydrogen) atoms. The van der Waals surface area contributed by atoms with E-state index in [0.29, 0.717) is 23.8 Å². The van der Waals surface area contributed by atoms with Gasteiger partial charge in [0, 0.05) is 23.9 Å². The van der Waals surface area contributed by atoms with Crippen LogP contribution in [0, 0.1) is 12.3 Å². The number of ketones is 1. The molecule has 0 fully saturated rings. The van der Waals surface area contributed by atoms with Crippen LogP contribution < -0.4 is 10.6 Å². The molecular formula is C22H19N3O2S. The number of urea groups is 1. The van der Waals surface area contributed by atoms with Crippen molar-refractivity contribution in [1.29, 1.82) is 0 Å². The lowest BCUT2D eigenvalue weighted by Crippen LogP contribution is -2.28. The van der Waals surface area contributed by atoms with Crippen molar-refractivity contribution in [2.45, 2.75) is 19.9 Å². The summed E-state index contributed by atoms with van der Waals surface area (Å²) in [6.45, 7) is 2.24. The first-order valence-corrected chi connectivity index (χ1v) is 9.66. The fraction of sp³-hybridized carbons (Fsp3) is 0.136. The average molecular weight is 389 g/mol. The summed E-state index contributed by atoms with van der Waals surface area (Å²) in [5.74, 6) is 2.99. The third-order valence-electron chi connectivity index (χ3n) is 4.12. The molecule has 0 spiro atoms. The summed E-state index contributed by atoms with van der Waals surface area (Å²) in [4.78, 5) is 27.9. The Bertz CT molecular complexity index is 1030. The van der Waals surface area contributed by atoms with Gasteiger partial charge in [0.25, 0.3) is 0 Å². The molecule has 1 heterocycles. The smallest absolute Gasteiger partial charge is 0.320 e. The van der Waals surface area contributed by atoms with Crippen LogP contribution in [-0.4, -0.2) is 16.8 Å². The molecule has 0 unspecified atom stereocenters. The maximum absolute atomic E-state index is 12.0. The molecule has 5 nitrogen and oxygen atoms in total. The Hall–Kier alpha value is -3.43. The number of rotatable bonds is 6. The van der Waals surface area contributed by atoms with Gasteiger partial charge in [-0.2, -0.15) is 0 Å². The zero-order valence-corrected chi connectivity index (χ0v) is 16.2. The van der Waals surface area contributed by atoms with E-state index >= 15 is 0 Å². The summed E-state index contributed by atoms with van der Waals surface area (Å²) in [5, 5.41) is 7.65. The largest absolute Gasteiger partial charge is 0.334 e. The molecule has 2 N–H and O–H groups in total. The van der Waals surface area contributed by atoms with Gasteiger partial charge in [-0.05, 0) is 28.7 Å². The number of anilines is 1. The van der Waals surface area contributed by atoms with Crippen LogP contribution in [0.25, 0.3) is 11.1 Å². The molecule has 0 saturated carbocycles. The van der Waals surface area contributed by atoms with Gasteiger partial charge in [0.1, 0.15) is 5.82 Å². The van der Waals surface area contributed by atoms with Crippen molar-refractivity contribution in [3.05, 3.63) is 70.0 Å². The van der Waals surface area contributed by atoms with Crippen LogP contribution in [0.5, 0.6) is 0 Å². The number of nitrogens with zero attached hydrogens (tertiary/aromatic N) is 1. The summed E-state index contributed by atoms with van der Waals surface area (Å²) in [7, 11) is 0. The monoisotopic (exact) mass is 389 g/mol. The molecule has 2 aromatic carbocycles. The van der Waals surface area contributed by atoms with Gasteiger partial charge in [-0.1, -0.05) is 49.4 Å². The number of hydrogen-bond donors (Lipinski definition) is 2. The second kappa shape index (κ2) is 8.98.